The summed E-state index contributed by atoms with van der Waals surface area (Å²) >= 11 is 11.9. The first-order valence-corrected chi connectivity index (χ1v) is 5.63. The summed E-state index contributed by atoms with van der Waals surface area (Å²) in [7, 11) is 0. The smallest absolute Gasteiger partial charge is 0.316 e. The molecule has 7 heteroatoms. The predicted molar refractivity (Wildman–Crippen MR) is 64.3 cm³/mol. The minimum Gasteiger partial charge on any atom is -0.488 e. The van der Waals surface area contributed by atoms with Crippen LogP contribution in [0.3, 0.4) is 0 Å². The van der Waals surface area contributed by atoms with Crippen molar-refractivity contribution in [3.63, 3.8) is 0 Å². The van der Waals surface area contributed by atoms with Gasteiger partial charge in [0.25, 0.3) is 0 Å². The molecule has 0 unspecified atom stereocenters. The lowest BCUT2D eigenvalue weighted by molar-refractivity contribution is 0.283. The fourth-order valence-corrected chi connectivity index (χ4v) is 2.33. The largest absolute Gasteiger partial charge is 0.488 e. The van der Waals surface area contributed by atoms with Crippen LogP contribution in [0.25, 0.3) is 11.0 Å². The fraction of sp³-hybridized carbons (Fsp3) is 0.200. The lowest BCUT2D eigenvalue weighted by atomic mass is 10.2. The topological polar surface area (TPSA) is 64.1 Å². The van der Waals surface area contributed by atoms with Gasteiger partial charge in [0.2, 0.25) is 0 Å². The Kier molecular flexibility index (Phi) is 2.21. The third-order valence-corrected chi connectivity index (χ3v) is 3.44. The summed E-state index contributed by atoms with van der Waals surface area (Å²) in [6.45, 7) is 0.607. The van der Waals surface area contributed by atoms with Crippen molar-refractivity contribution in [3.05, 3.63) is 36.8 Å². The second-order valence-corrected chi connectivity index (χ2v) is 4.44. The minimum atomic E-state index is -0.677. The van der Waals surface area contributed by atoms with Crippen LogP contribution >= 0.6 is 23.2 Å². The van der Waals surface area contributed by atoms with Gasteiger partial charge in [-0.25, -0.2) is 0 Å². The van der Waals surface area contributed by atoms with E-state index >= 15 is 0 Å². The number of halogens is 2. The van der Waals surface area contributed by atoms with E-state index in [1.807, 2.05) is 0 Å². The molecule has 5 nitrogen and oxygen atoms in total. The zero-order valence-electron chi connectivity index (χ0n) is 8.42. The molecular formula is C10H6Cl2N2O3. The third kappa shape index (κ3) is 1.39. The lowest BCUT2D eigenvalue weighted by Gasteiger charge is -2.20. The highest BCUT2D eigenvalue weighted by molar-refractivity contribution is 6.44. The standard InChI is InChI=1S/C10H6Cl2N2O3/c11-4-3-5-7-8(6(4)12)17-2-1-14(7)10(16)9(15)13-5/h3H,1-2H2,(H,13,15). The van der Waals surface area contributed by atoms with E-state index in [0.29, 0.717) is 23.3 Å². The maximum absolute atomic E-state index is 11.7. The molecule has 0 fully saturated rings. The molecule has 2 aromatic rings. The number of rotatable bonds is 0. The normalized spacial score (nSPS) is 13.8. The minimum absolute atomic E-state index is 0.249. The van der Waals surface area contributed by atoms with E-state index in [0.717, 1.165) is 0 Å². The molecule has 1 N–H and O–H groups in total. The lowest BCUT2D eigenvalue weighted by Crippen LogP contribution is -2.39. The zero-order chi connectivity index (χ0) is 12.2. The number of hydrogen-bond donors (Lipinski definition) is 1. The maximum Gasteiger partial charge on any atom is 0.316 e. The molecule has 0 aliphatic carbocycles. The van der Waals surface area contributed by atoms with Crippen LogP contribution in [0, 0.1) is 0 Å². The van der Waals surface area contributed by atoms with E-state index in [9.17, 15) is 9.59 Å². The van der Waals surface area contributed by atoms with Crippen molar-refractivity contribution in [2.45, 2.75) is 6.54 Å². The summed E-state index contributed by atoms with van der Waals surface area (Å²) in [6.07, 6.45) is 0. The van der Waals surface area contributed by atoms with Crippen molar-refractivity contribution in [1.82, 2.24) is 9.55 Å². The van der Waals surface area contributed by atoms with Gasteiger partial charge in [-0.1, -0.05) is 23.2 Å². The number of nitrogens with zero attached hydrogens (tertiary/aromatic N) is 1. The molecule has 0 radical (unpaired) electrons. The van der Waals surface area contributed by atoms with Gasteiger partial charge in [-0.05, 0) is 6.07 Å². The van der Waals surface area contributed by atoms with Crippen LogP contribution in [-0.4, -0.2) is 16.2 Å². The van der Waals surface area contributed by atoms with Gasteiger partial charge in [-0.15, -0.1) is 0 Å². The van der Waals surface area contributed by atoms with E-state index < -0.39 is 11.1 Å². The highest BCUT2D eigenvalue weighted by Gasteiger charge is 2.21. The Balaban J connectivity index is 2.64. The molecule has 1 aliphatic rings. The van der Waals surface area contributed by atoms with Crippen molar-refractivity contribution in [1.29, 1.82) is 0 Å². The van der Waals surface area contributed by atoms with Gasteiger partial charge in [0.1, 0.15) is 17.1 Å². The molecule has 1 aromatic heterocycles. The van der Waals surface area contributed by atoms with E-state index in [1.54, 1.807) is 0 Å². The van der Waals surface area contributed by atoms with Crippen LogP contribution in [0.5, 0.6) is 5.75 Å². The van der Waals surface area contributed by atoms with Crippen LogP contribution in [0.1, 0.15) is 0 Å². The number of H-pyrrole nitrogens is 1. The van der Waals surface area contributed by atoms with Gasteiger partial charge in [-0.3, -0.25) is 14.2 Å². The van der Waals surface area contributed by atoms with Gasteiger partial charge in [0, 0.05) is 0 Å². The molecule has 1 aliphatic heterocycles. The number of benzene rings is 1. The molecule has 0 bridgehead atoms. The quantitative estimate of drug-likeness (QED) is 0.738. The summed E-state index contributed by atoms with van der Waals surface area (Å²) < 4.78 is 6.76. The van der Waals surface area contributed by atoms with E-state index in [1.165, 1.54) is 10.6 Å². The Hall–Kier alpha value is -1.46. The first-order valence-electron chi connectivity index (χ1n) is 4.87. The van der Waals surface area contributed by atoms with Crippen LogP contribution in [0.15, 0.2) is 15.7 Å². The van der Waals surface area contributed by atoms with Crippen LogP contribution in [-0.2, 0) is 6.54 Å². The highest BCUT2D eigenvalue weighted by Crippen LogP contribution is 2.38. The second-order valence-electron chi connectivity index (χ2n) is 3.66. The van der Waals surface area contributed by atoms with E-state index in [-0.39, 0.29) is 16.7 Å². The van der Waals surface area contributed by atoms with Crippen molar-refractivity contribution in [2.75, 3.05) is 6.61 Å². The molecule has 0 atom stereocenters. The molecule has 0 spiro atoms. The van der Waals surface area contributed by atoms with Gasteiger partial charge in [-0.2, -0.15) is 0 Å². The molecule has 0 amide bonds. The van der Waals surface area contributed by atoms with Gasteiger partial charge < -0.3 is 9.72 Å². The Bertz CT molecular complexity index is 748. The SMILES string of the molecule is O=c1[nH]c2cc(Cl)c(Cl)c3c2n(c1=O)CCO3. The Morgan fingerprint density at radius 3 is 2.88 bits per heavy atom. The second kappa shape index (κ2) is 3.51. The summed E-state index contributed by atoms with van der Waals surface area (Å²) in [6, 6.07) is 1.51. The Morgan fingerprint density at radius 2 is 2.12 bits per heavy atom. The van der Waals surface area contributed by atoms with E-state index in [4.69, 9.17) is 27.9 Å². The molecule has 1 aromatic carbocycles. The molecule has 3 rings (SSSR count). The molecule has 0 saturated carbocycles. The van der Waals surface area contributed by atoms with Crippen molar-refractivity contribution < 1.29 is 4.74 Å². The molecule has 0 saturated heterocycles. The van der Waals surface area contributed by atoms with Crippen LogP contribution in [0.4, 0.5) is 0 Å². The summed E-state index contributed by atoms with van der Waals surface area (Å²) in [5.41, 5.74) is -0.363. The zero-order valence-corrected chi connectivity index (χ0v) is 9.93. The number of aromatic amines is 1. The maximum atomic E-state index is 11.7. The number of hydrogen-bond acceptors (Lipinski definition) is 3. The molecule has 88 valence electrons. The highest BCUT2D eigenvalue weighted by atomic mass is 35.5. The monoisotopic (exact) mass is 272 g/mol. The number of nitrogens with one attached hydrogen (secondary N) is 1. The Morgan fingerprint density at radius 1 is 1.35 bits per heavy atom. The summed E-state index contributed by atoms with van der Waals surface area (Å²) in [4.78, 5) is 25.6. The van der Waals surface area contributed by atoms with Gasteiger partial charge in [0.05, 0.1) is 17.1 Å². The van der Waals surface area contributed by atoms with Crippen molar-refractivity contribution in [3.8, 4) is 5.75 Å². The Labute approximate surface area is 105 Å². The molecule has 2 heterocycles. The summed E-state index contributed by atoms with van der Waals surface area (Å²) in [5.74, 6) is 0.341. The number of ether oxygens (including phenoxy) is 1. The fourth-order valence-electron chi connectivity index (χ4n) is 1.94. The molecular weight excluding hydrogens is 267 g/mol. The first kappa shape index (κ1) is 10.7. The summed E-state index contributed by atoms with van der Waals surface area (Å²) in [5, 5.41) is 0.524. The van der Waals surface area contributed by atoms with Gasteiger partial charge in [0.15, 0.2) is 5.75 Å². The molecule has 17 heavy (non-hydrogen) atoms. The van der Waals surface area contributed by atoms with Crippen LogP contribution < -0.4 is 15.9 Å². The van der Waals surface area contributed by atoms with Gasteiger partial charge >= 0.3 is 11.1 Å². The first-order chi connectivity index (χ1) is 8.09. The van der Waals surface area contributed by atoms with Crippen LogP contribution in [0.2, 0.25) is 10.0 Å². The predicted octanol–water partition coefficient (Wildman–Crippen LogP) is 1.39. The number of aromatic nitrogens is 2. The van der Waals surface area contributed by atoms with Crippen molar-refractivity contribution in [2.24, 2.45) is 0 Å². The average molecular weight is 273 g/mol. The van der Waals surface area contributed by atoms with Crippen molar-refractivity contribution >= 4 is 34.2 Å². The third-order valence-electron chi connectivity index (χ3n) is 2.67. The van der Waals surface area contributed by atoms with E-state index in [2.05, 4.69) is 4.98 Å². The average Bonchev–Trinajstić information content (AvgIpc) is 2.32.